The topological polar surface area (TPSA) is 58.4 Å². The molecule has 1 aliphatic rings. The van der Waals surface area contributed by atoms with E-state index in [1.807, 2.05) is 19.0 Å². The van der Waals surface area contributed by atoms with Crippen LogP contribution in [-0.2, 0) is 24.3 Å². The summed E-state index contributed by atoms with van der Waals surface area (Å²) < 4.78 is 1.70. The Labute approximate surface area is 158 Å². The number of nitrogens with zero attached hydrogens (tertiary/aromatic N) is 4. The fraction of sp³-hybridized carbons (Fsp3) is 0.632. The summed E-state index contributed by atoms with van der Waals surface area (Å²) in [7, 11) is 3.99. The second kappa shape index (κ2) is 7.12. The third-order valence-electron chi connectivity index (χ3n) is 4.65. The maximum Gasteiger partial charge on any atom is 0.262 e. The average molecular weight is 377 g/mol. The molecule has 0 saturated carbocycles. The number of hydrogen-bond donors (Lipinski definition) is 0. The molecule has 0 atom stereocenters. The van der Waals surface area contributed by atoms with Gasteiger partial charge < -0.3 is 9.80 Å². The van der Waals surface area contributed by atoms with Crippen molar-refractivity contribution in [2.24, 2.45) is 5.41 Å². The van der Waals surface area contributed by atoms with Gasteiger partial charge >= 0.3 is 0 Å². The molecule has 0 aliphatic carbocycles. The van der Waals surface area contributed by atoms with Gasteiger partial charge in [-0.2, -0.15) is 0 Å². The monoisotopic (exact) mass is 376 g/mol. The molecule has 3 heterocycles. The molecule has 1 aliphatic heterocycles. The highest BCUT2D eigenvalue weighted by Gasteiger charge is 2.28. The van der Waals surface area contributed by atoms with Crippen LogP contribution in [0.5, 0.6) is 0 Å². The summed E-state index contributed by atoms with van der Waals surface area (Å²) in [5.41, 5.74) is 1.13. The van der Waals surface area contributed by atoms with E-state index in [-0.39, 0.29) is 16.9 Å². The molecular formula is C19H28N4O2S. The summed E-state index contributed by atoms with van der Waals surface area (Å²) in [6.07, 6.45) is 2.93. The lowest BCUT2D eigenvalue weighted by molar-refractivity contribution is -0.133. The molecule has 0 saturated heterocycles. The van der Waals surface area contributed by atoms with Gasteiger partial charge in [-0.1, -0.05) is 20.8 Å². The molecule has 0 radical (unpaired) electrons. The highest BCUT2D eigenvalue weighted by atomic mass is 32.1. The van der Waals surface area contributed by atoms with Crippen molar-refractivity contribution >= 4 is 27.5 Å². The maximum absolute atomic E-state index is 12.9. The van der Waals surface area contributed by atoms with E-state index < -0.39 is 0 Å². The van der Waals surface area contributed by atoms with Crippen molar-refractivity contribution in [1.29, 1.82) is 0 Å². The first-order valence-corrected chi connectivity index (χ1v) is 9.89. The van der Waals surface area contributed by atoms with Gasteiger partial charge in [-0.25, -0.2) is 4.98 Å². The summed E-state index contributed by atoms with van der Waals surface area (Å²) in [4.78, 5) is 35.9. The van der Waals surface area contributed by atoms with Gasteiger partial charge in [0, 0.05) is 30.9 Å². The van der Waals surface area contributed by atoms with Gasteiger partial charge in [0.15, 0.2) is 0 Å². The molecule has 0 N–H and O–H groups in total. The van der Waals surface area contributed by atoms with Crippen molar-refractivity contribution in [3.8, 4) is 0 Å². The van der Waals surface area contributed by atoms with Crippen LogP contribution in [0.1, 0.15) is 37.6 Å². The van der Waals surface area contributed by atoms with Gasteiger partial charge in [0.1, 0.15) is 4.83 Å². The second-order valence-electron chi connectivity index (χ2n) is 8.53. The highest BCUT2D eigenvalue weighted by molar-refractivity contribution is 7.18. The highest BCUT2D eigenvalue weighted by Crippen LogP contribution is 2.33. The molecule has 0 fully saturated rings. The number of aromatic nitrogens is 2. The molecule has 0 aromatic carbocycles. The molecule has 1 amide bonds. The smallest absolute Gasteiger partial charge is 0.262 e. The fourth-order valence-corrected chi connectivity index (χ4v) is 4.46. The summed E-state index contributed by atoms with van der Waals surface area (Å²) >= 11 is 1.56. The Morgan fingerprint density at radius 2 is 2.08 bits per heavy atom. The minimum atomic E-state index is -0.0146. The minimum Gasteiger partial charge on any atom is -0.337 e. The van der Waals surface area contributed by atoms with Gasteiger partial charge in [0.05, 0.1) is 18.3 Å². The predicted octanol–water partition coefficient (Wildman–Crippen LogP) is 2.34. The average Bonchev–Trinajstić information content (AvgIpc) is 2.90. The molecule has 2 aromatic heterocycles. The Hall–Kier alpha value is -1.73. The molecule has 0 unspecified atom stereocenters. The van der Waals surface area contributed by atoms with Crippen LogP contribution < -0.4 is 5.56 Å². The Morgan fingerprint density at radius 1 is 1.35 bits per heavy atom. The zero-order valence-electron chi connectivity index (χ0n) is 16.3. The quantitative estimate of drug-likeness (QED) is 0.822. The van der Waals surface area contributed by atoms with Crippen LogP contribution in [0, 0.1) is 5.41 Å². The number of carbonyl (C=O) groups is 1. The molecule has 7 heteroatoms. The minimum absolute atomic E-state index is 0.0146. The summed E-state index contributed by atoms with van der Waals surface area (Å²) in [6, 6.07) is 0. The normalized spacial score (nSPS) is 14.9. The fourth-order valence-electron chi connectivity index (χ4n) is 3.26. The number of amides is 1. The van der Waals surface area contributed by atoms with Crippen LogP contribution in [0.25, 0.3) is 10.2 Å². The van der Waals surface area contributed by atoms with E-state index in [2.05, 4.69) is 30.7 Å². The van der Waals surface area contributed by atoms with Gasteiger partial charge in [0.25, 0.3) is 5.56 Å². The number of likely N-dealkylation sites (N-methyl/N-ethyl adjacent to an activating group) is 1. The number of rotatable bonds is 4. The van der Waals surface area contributed by atoms with Crippen LogP contribution in [-0.4, -0.2) is 52.4 Å². The largest absolute Gasteiger partial charge is 0.337 e. The van der Waals surface area contributed by atoms with Crippen LogP contribution in [0.2, 0.25) is 0 Å². The van der Waals surface area contributed by atoms with Gasteiger partial charge in [-0.05, 0) is 31.5 Å². The molecule has 0 bridgehead atoms. The van der Waals surface area contributed by atoms with Crippen molar-refractivity contribution in [2.75, 3.05) is 27.2 Å². The molecule has 142 valence electrons. The zero-order chi connectivity index (χ0) is 19.1. The lowest BCUT2D eigenvalue weighted by Gasteiger charge is -2.29. The van der Waals surface area contributed by atoms with Crippen molar-refractivity contribution in [2.45, 2.75) is 46.7 Å². The van der Waals surface area contributed by atoms with Crippen molar-refractivity contribution < 1.29 is 4.79 Å². The van der Waals surface area contributed by atoms with Crippen molar-refractivity contribution in [3.63, 3.8) is 0 Å². The Morgan fingerprint density at radius 3 is 2.73 bits per heavy atom. The maximum atomic E-state index is 12.9. The van der Waals surface area contributed by atoms with Crippen LogP contribution in [0.15, 0.2) is 11.1 Å². The molecule has 6 nitrogen and oxygen atoms in total. The van der Waals surface area contributed by atoms with E-state index in [0.717, 1.165) is 33.6 Å². The Bertz CT molecular complexity index is 876. The summed E-state index contributed by atoms with van der Waals surface area (Å²) in [5, 5.41) is 0.758. The molecule has 0 spiro atoms. The van der Waals surface area contributed by atoms with Gasteiger partial charge in [0.2, 0.25) is 5.91 Å². The lowest BCUT2D eigenvalue weighted by atomic mass is 9.91. The number of thiophene rings is 1. The van der Waals surface area contributed by atoms with E-state index in [9.17, 15) is 9.59 Å². The van der Waals surface area contributed by atoms with E-state index in [4.69, 9.17) is 0 Å². The third kappa shape index (κ3) is 3.99. The standard InChI is InChI=1S/C19H28N4O2S/c1-19(2,3)10-15(24)22-7-6-13-14(11-22)26-17-16(13)18(25)23(12-20-17)9-8-21(4)5/h12H,6-11H2,1-5H3. The van der Waals surface area contributed by atoms with Crippen LogP contribution >= 0.6 is 11.3 Å². The first-order valence-electron chi connectivity index (χ1n) is 9.08. The third-order valence-corrected chi connectivity index (χ3v) is 5.77. The van der Waals surface area contributed by atoms with Crippen LogP contribution in [0.4, 0.5) is 0 Å². The molecule has 2 aromatic rings. The predicted molar refractivity (Wildman–Crippen MR) is 106 cm³/mol. The summed E-state index contributed by atoms with van der Waals surface area (Å²) in [5.74, 6) is 0.192. The van der Waals surface area contributed by atoms with Crippen molar-refractivity contribution in [1.82, 2.24) is 19.4 Å². The van der Waals surface area contributed by atoms with Gasteiger partial charge in [-0.15, -0.1) is 11.3 Å². The molecule has 26 heavy (non-hydrogen) atoms. The second-order valence-corrected chi connectivity index (χ2v) is 9.62. The van der Waals surface area contributed by atoms with E-state index in [1.165, 1.54) is 0 Å². The zero-order valence-corrected chi connectivity index (χ0v) is 17.2. The van der Waals surface area contributed by atoms with Crippen molar-refractivity contribution in [3.05, 3.63) is 27.1 Å². The van der Waals surface area contributed by atoms with E-state index >= 15 is 0 Å². The van der Waals surface area contributed by atoms with Crippen LogP contribution in [0.3, 0.4) is 0 Å². The number of carbonyl (C=O) groups excluding carboxylic acids is 1. The first kappa shape index (κ1) is 19.0. The van der Waals surface area contributed by atoms with E-state index in [1.54, 1.807) is 22.2 Å². The Balaban J connectivity index is 1.88. The molecular weight excluding hydrogens is 348 g/mol. The number of hydrogen-bond acceptors (Lipinski definition) is 5. The SMILES string of the molecule is CN(C)CCn1cnc2sc3c(c2c1=O)CCN(C(=O)CC(C)(C)C)C3. The molecule has 3 rings (SSSR count). The lowest BCUT2D eigenvalue weighted by Crippen LogP contribution is -2.37. The summed E-state index contributed by atoms with van der Waals surface area (Å²) in [6.45, 7) is 8.96. The first-order chi connectivity index (χ1) is 12.2. The Kier molecular flexibility index (Phi) is 5.21. The van der Waals surface area contributed by atoms with Gasteiger partial charge in [-0.3, -0.25) is 14.2 Å². The number of fused-ring (bicyclic) bond motifs is 3. The van der Waals surface area contributed by atoms with E-state index in [0.29, 0.717) is 26.1 Å².